The van der Waals surface area contributed by atoms with E-state index in [1.165, 1.54) is 5.56 Å². The minimum Gasteiger partial charge on any atom is -0.316 e. The summed E-state index contributed by atoms with van der Waals surface area (Å²) in [5, 5.41) is 0. The molecule has 0 fully saturated rings. The molecule has 0 spiro atoms. The average Bonchev–Trinajstić information content (AvgIpc) is 2.96. The predicted molar refractivity (Wildman–Crippen MR) is 91.9 cm³/mol. The molecule has 2 aromatic carbocycles. The van der Waals surface area contributed by atoms with Crippen LogP contribution in [0.4, 0.5) is 5.69 Å². The van der Waals surface area contributed by atoms with Crippen LogP contribution in [0.25, 0.3) is 5.69 Å². The van der Waals surface area contributed by atoms with Crippen LogP contribution in [-0.4, -0.2) is 10.8 Å². The first-order valence-corrected chi connectivity index (χ1v) is 7.56. The van der Waals surface area contributed by atoms with Crippen LogP contribution in [-0.2, 0) is 0 Å². The number of halogens is 1. The van der Waals surface area contributed by atoms with Crippen molar-refractivity contribution in [1.29, 1.82) is 0 Å². The van der Waals surface area contributed by atoms with Gasteiger partial charge in [0.05, 0.1) is 17.6 Å². The molecule has 1 heterocycles. The number of hydrogen-bond acceptors (Lipinski definition) is 1. The molecule has 0 atom stereocenters. The molecule has 0 unspecified atom stereocenters. The topological polar surface area (TPSA) is 17.3 Å². The molecule has 3 rings (SSSR count). The SMILES string of the molecule is Cc1ccccc1N=Cc1cccn1-c1ccc(Br)cc1. The summed E-state index contributed by atoms with van der Waals surface area (Å²) < 4.78 is 3.20. The van der Waals surface area contributed by atoms with E-state index in [0.29, 0.717) is 0 Å². The smallest absolute Gasteiger partial charge is 0.0659 e. The Morgan fingerprint density at radius 2 is 1.71 bits per heavy atom. The molecule has 0 radical (unpaired) electrons. The number of para-hydroxylation sites is 1. The minimum atomic E-state index is 1.00. The van der Waals surface area contributed by atoms with Crippen LogP contribution in [0.3, 0.4) is 0 Å². The third kappa shape index (κ3) is 3.14. The highest BCUT2D eigenvalue weighted by atomic mass is 79.9. The van der Waals surface area contributed by atoms with Crippen molar-refractivity contribution in [1.82, 2.24) is 4.57 Å². The lowest BCUT2D eigenvalue weighted by Gasteiger charge is -2.06. The lowest BCUT2D eigenvalue weighted by molar-refractivity contribution is 1.07. The van der Waals surface area contributed by atoms with E-state index in [-0.39, 0.29) is 0 Å². The fourth-order valence-electron chi connectivity index (χ4n) is 2.18. The van der Waals surface area contributed by atoms with Crippen molar-refractivity contribution >= 4 is 27.8 Å². The molecular weight excluding hydrogens is 324 g/mol. The van der Waals surface area contributed by atoms with Gasteiger partial charge in [0.25, 0.3) is 0 Å². The van der Waals surface area contributed by atoms with Crippen molar-refractivity contribution in [3.8, 4) is 5.69 Å². The number of aliphatic imine (C=N–C) groups is 1. The molecule has 0 N–H and O–H groups in total. The molecule has 104 valence electrons. The number of aryl methyl sites for hydroxylation is 1. The van der Waals surface area contributed by atoms with E-state index in [0.717, 1.165) is 21.5 Å². The number of aromatic nitrogens is 1. The van der Waals surface area contributed by atoms with Gasteiger partial charge in [0, 0.05) is 16.4 Å². The molecule has 3 heteroatoms. The molecule has 0 bridgehead atoms. The first-order valence-electron chi connectivity index (χ1n) is 6.77. The zero-order valence-corrected chi connectivity index (χ0v) is 13.3. The van der Waals surface area contributed by atoms with Gasteiger partial charge >= 0.3 is 0 Å². The summed E-state index contributed by atoms with van der Waals surface area (Å²) in [6, 6.07) is 20.5. The normalized spacial score (nSPS) is 11.1. The van der Waals surface area contributed by atoms with Gasteiger partial charge in [-0.3, -0.25) is 4.99 Å². The highest BCUT2D eigenvalue weighted by Gasteiger charge is 2.01. The third-order valence-corrected chi connectivity index (χ3v) is 3.87. The Kier molecular flexibility index (Phi) is 4.02. The van der Waals surface area contributed by atoms with Gasteiger partial charge in [-0.05, 0) is 55.0 Å². The standard InChI is InChI=1S/C18H15BrN2/c1-14-5-2-3-7-18(14)20-13-17-6-4-12-21(17)16-10-8-15(19)9-11-16/h2-13H,1H3. The summed E-state index contributed by atoms with van der Waals surface area (Å²) in [5.74, 6) is 0. The zero-order valence-electron chi connectivity index (χ0n) is 11.7. The fourth-order valence-corrected chi connectivity index (χ4v) is 2.44. The average molecular weight is 339 g/mol. The van der Waals surface area contributed by atoms with Gasteiger partial charge in [-0.1, -0.05) is 34.1 Å². The van der Waals surface area contributed by atoms with Gasteiger partial charge < -0.3 is 4.57 Å². The van der Waals surface area contributed by atoms with Crippen LogP contribution in [0, 0.1) is 6.92 Å². The maximum atomic E-state index is 4.60. The Hall–Kier alpha value is -2.13. The molecule has 3 aromatic rings. The second-order valence-corrected chi connectivity index (χ2v) is 5.74. The predicted octanol–water partition coefficient (Wildman–Crippen LogP) is 5.30. The monoisotopic (exact) mass is 338 g/mol. The lowest BCUT2D eigenvalue weighted by Crippen LogP contribution is -1.97. The molecule has 0 saturated carbocycles. The van der Waals surface area contributed by atoms with E-state index >= 15 is 0 Å². The Balaban J connectivity index is 1.93. The van der Waals surface area contributed by atoms with Gasteiger partial charge in [-0.2, -0.15) is 0 Å². The highest BCUT2D eigenvalue weighted by Crippen LogP contribution is 2.19. The van der Waals surface area contributed by atoms with Crippen molar-refractivity contribution in [3.63, 3.8) is 0 Å². The second-order valence-electron chi connectivity index (χ2n) is 4.82. The van der Waals surface area contributed by atoms with Crippen molar-refractivity contribution in [2.75, 3.05) is 0 Å². The Bertz CT molecular complexity index is 770. The Labute approximate surface area is 132 Å². The molecule has 1 aromatic heterocycles. The van der Waals surface area contributed by atoms with Gasteiger partial charge in [0.2, 0.25) is 0 Å². The van der Waals surface area contributed by atoms with E-state index in [2.05, 4.69) is 56.7 Å². The van der Waals surface area contributed by atoms with Gasteiger partial charge in [0.15, 0.2) is 0 Å². The van der Waals surface area contributed by atoms with Crippen LogP contribution < -0.4 is 0 Å². The van der Waals surface area contributed by atoms with E-state index in [1.807, 2.05) is 48.8 Å². The summed E-state index contributed by atoms with van der Waals surface area (Å²) in [5.41, 5.74) is 4.35. The maximum Gasteiger partial charge on any atom is 0.0659 e. The number of benzene rings is 2. The number of rotatable bonds is 3. The van der Waals surface area contributed by atoms with Crippen molar-refractivity contribution in [3.05, 3.63) is 82.6 Å². The first-order chi connectivity index (χ1) is 10.2. The molecule has 0 amide bonds. The second kappa shape index (κ2) is 6.10. The van der Waals surface area contributed by atoms with Crippen LogP contribution in [0.5, 0.6) is 0 Å². The Morgan fingerprint density at radius 3 is 2.48 bits per heavy atom. The van der Waals surface area contributed by atoms with E-state index in [1.54, 1.807) is 0 Å². The van der Waals surface area contributed by atoms with Crippen LogP contribution in [0.15, 0.2) is 76.3 Å². The molecule has 2 nitrogen and oxygen atoms in total. The molecule has 0 aliphatic rings. The first kappa shape index (κ1) is 13.8. The quantitative estimate of drug-likeness (QED) is 0.576. The number of hydrogen-bond donors (Lipinski definition) is 0. The summed E-state index contributed by atoms with van der Waals surface area (Å²) in [6.45, 7) is 2.07. The summed E-state index contributed by atoms with van der Waals surface area (Å²) in [6.07, 6.45) is 3.95. The van der Waals surface area contributed by atoms with Crippen molar-refractivity contribution in [2.24, 2.45) is 4.99 Å². The van der Waals surface area contributed by atoms with Crippen molar-refractivity contribution in [2.45, 2.75) is 6.92 Å². The summed E-state index contributed by atoms with van der Waals surface area (Å²) >= 11 is 3.46. The van der Waals surface area contributed by atoms with Gasteiger partial charge in [0.1, 0.15) is 0 Å². The summed E-state index contributed by atoms with van der Waals surface area (Å²) in [4.78, 5) is 4.60. The molecule has 0 aliphatic heterocycles. The lowest BCUT2D eigenvalue weighted by atomic mass is 10.2. The maximum absolute atomic E-state index is 4.60. The van der Waals surface area contributed by atoms with Crippen LogP contribution in [0.1, 0.15) is 11.3 Å². The van der Waals surface area contributed by atoms with E-state index < -0.39 is 0 Å². The fraction of sp³-hybridized carbons (Fsp3) is 0.0556. The molecule has 0 saturated heterocycles. The van der Waals surface area contributed by atoms with Gasteiger partial charge in [-0.25, -0.2) is 0 Å². The third-order valence-electron chi connectivity index (χ3n) is 3.34. The molecule has 21 heavy (non-hydrogen) atoms. The molecular formula is C18H15BrN2. The minimum absolute atomic E-state index is 1.00. The van der Waals surface area contributed by atoms with Crippen LogP contribution in [0.2, 0.25) is 0 Å². The van der Waals surface area contributed by atoms with Gasteiger partial charge in [-0.15, -0.1) is 0 Å². The summed E-state index contributed by atoms with van der Waals surface area (Å²) in [7, 11) is 0. The molecule has 0 aliphatic carbocycles. The number of nitrogens with zero attached hydrogens (tertiary/aromatic N) is 2. The zero-order chi connectivity index (χ0) is 14.7. The highest BCUT2D eigenvalue weighted by molar-refractivity contribution is 9.10. The largest absolute Gasteiger partial charge is 0.316 e. The Morgan fingerprint density at radius 1 is 0.952 bits per heavy atom. The van der Waals surface area contributed by atoms with E-state index in [9.17, 15) is 0 Å². The van der Waals surface area contributed by atoms with Crippen LogP contribution >= 0.6 is 15.9 Å². The van der Waals surface area contributed by atoms with E-state index in [4.69, 9.17) is 0 Å². The van der Waals surface area contributed by atoms with Crippen molar-refractivity contribution < 1.29 is 0 Å².